The number of ether oxygens (including phenoxy) is 5. The van der Waals surface area contributed by atoms with Crippen LogP contribution in [-0.2, 0) is 9.47 Å². The molecule has 1 saturated heterocycles. The van der Waals surface area contributed by atoms with Gasteiger partial charge in [-0.3, -0.25) is 0 Å². The first-order chi connectivity index (χ1) is 9.19. The zero-order valence-electron chi connectivity index (χ0n) is 11.8. The van der Waals surface area contributed by atoms with Crippen LogP contribution in [0, 0.1) is 0 Å². The molecular formula is C14H20O5. The van der Waals surface area contributed by atoms with E-state index in [9.17, 15) is 0 Å². The molecule has 1 heterocycles. The van der Waals surface area contributed by atoms with E-state index >= 15 is 0 Å². The van der Waals surface area contributed by atoms with Crippen molar-refractivity contribution in [3.8, 4) is 17.2 Å². The number of benzene rings is 1. The lowest BCUT2D eigenvalue weighted by Crippen LogP contribution is -2.07. The monoisotopic (exact) mass is 268 g/mol. The van der Waals surface area contributed by atoms with Crippen molar-refractivity contribution in [2.24, 2.45) is 0 Å². The predicted molar refractivity (Wildman–Crippen MR) is 70.2 cm³/mol. The fourth-order valence-electron chi connectivity index (χ4n) is 1.85. The quantitative estimate of drug-likeness (QED) is 0.709. The lowest BCUT2D eigenvalue weighted by atomic mass is 10.1. The van der Waals surface area contributed by atoms with Crippen LogP contribution in [0.25, 0.3) is 0 Å². The molecule has 0 aromatic heterocycles. The molecule has 19 heavy (non-hydrogen) atoms. The van der Waals surface area contributed by atoms with E-state index in [1.54, 1.807) is 21.3 Å². The normalized spacial score (nSPS) is 18.8. The lowest BCUT2D eigenvalue weighted by Gasteiger charge is -2.18. The molecule has 1 fully saturated rings. The highest BCUT2D eigenvalue weighted by atomic mass is 16.6. The van der Waals surface area contributed by atoms with Crippen LogP contribution < -0.4 is 14.2 Å². The number of rotatable bonds is 7. The van der Waals surface area contributed by atoms with Crippen LogP contribution in [0.2, 0.25) is 0 Å². The minimum Gasteiger partial charge on any atom is -0.493 e. The highest BCUT2D eigenvalue weighted by Gasteiger charge is 2.24. The third-order valence-corrected chi connectivity index (χ3v) is 3.09. The summed E-state index contributed by atoms with van der Waals surface area (Å²) in [4.78, 5) is 0. The lowest BCUT2D eigenvalue weighted by molar-refractivity contribution is 0.0536. The van der Waals surface area contributed by atoms with Gasteiger partial charge < -0.3 is 23.7 Å². The van der Waals surface area contributed by atoms with Crippen LogP contribution in [0.15, 0.2) is 12.1 Å². The van der Waals surface area contributed by atoms with Crippen molar-refractivity contribution < 1.29 is 23.7 Å². The van der Waals surface area contributed by atoms with E-state index < -0.39 is 0 Å². The first kappa shape index (κ1) is 14.0. The predicted octanol–water partition coefficient (Wildman–Crippen LogP) is 2.19. The van der Waals surface area contributed by atoms with Crippen molar-refractivity contribution in [2.75, 3.05) is 34.5 Å². The summed E-state index contributed by atoms with van der Waals surface area (Å²) in [5.41, 5.74) is 0.982. The summed E-state index contributed by atoms with van der Waals surface area (Å²) in [5.74, 6) is 1.86. The molecule has 0 N–H and O–H groups in total. The van der Waals surface area contributed by atoms with Gasteiger partial charge in [0.15, 0.2) is 11.5 Å². The average molecular weight is 268 g/mol. The largest absolute Gasteiger partial charge is 0.493 e. The van der Waals surface area contributed by atoms with Crippen LogP contribution in [0.4, 0.5) is 0 Å². The molecule has 1 aliphatic heterocycles. The number of hydrogen-bond donors (Lipinski definition) is 0. The Morgan fingerprint density at radius 3 is 2.16 bits per heavy atom. The van der Waals surface area contributed by atoms with Gasteiger partial charge in [-0.2, -0.15) is 0 Å². The Morgan fingerprint density at radius 1 is 1.16 bits per heavy atom. The summed E-state index contributed by atoms with van der Waals surface area (Å²) in [6.45, 7) is 3.39. The molecule has 106 valence electrons. The SMILES string of the molecule is COc1cc([C@H](C)OC[C@@H]2CO2)cc(OC)c1OC. The molecule has 1 aromatic rings. The number of epoxide rings is 1. The molecule has 5 heteroatoms. The Labute approximate surface area is 113 Å². The van der Waals surface area contributed by atoms with Gasteiger partial charge in [0.2, 0.25) is 5.75 Å². The molecule has 2 rings (SSSR count). The van der Waals surface area contributed by atoms with Crippen LogP contribution in [0.3, 0.4) is 0 Å². The van der Waals surface area contributed by atoms with Gasteiger partial charge in [-0.25, -0.2) is 0 Å². The molecule has 0 bridgehead atoms. The van der Waals surface area contributed by atoms with Gasteiger partial charge in [0.25, 0.3) is 0 Å². The van der Waals surface area contributed by atoms with E-state index in [1.807, 2.05) is 19.1 Å². The maximum Gasteiger partial charge on any atom is 0.203 e. The summed E-state index contributed by atoms with van der Waals surface area (Å²) in [7, 11) is 4.79. The molecule has 2 atom stereocenters. The summed E-state index contributed by atoms with van der Waals surface area (Å²) >= 11 is 0. The highest BCUT2D eigenvalue weighted by Crippen LogP contribution is 2.40. The Hall–Kier alpha value is -1.46. The van der Waals surface area contributed by atoms with E-state index in [0.29, 0.717) is 23.9 Å². The minimum absolute atomic E-state index is 0.0575. The smallest absolute Gasteiger partial charge is 0.203 e. The van der Waals surface area contributed by atoms with Gasteiger partial charge in [0, 0.05) is 0 Å². The summed E-state index contributed by atoms with van der Waals surface area (Å²) in [6.07, 6.45) is 0.197. The highest BCUT2D eigenvalue weighted by molar-refractivity contribution is 5.54. The molecule has 1 aromatic carbocycles. The summed E-state index contributed by atoms with van der Waals surface area (Å²) < 4.78 is 26.8. The Kier molecular flexibility index (Phi) is 4.50. The summed E-state index contributed by atoms with van der Waals surface area (Å²) in [6, 6.07) is 3.81. The molecule has 1 aliphatic rings. The first-order valence-corrected chi connectivity index (χ1v) is 6.22. The van der Waals surface area contributed by atoms with Gasteiger partial charge in [-0.1, -0.05) is 0 Å². The minimum atomic E-state index is -0.0575. The van der Waals surface area contributed by atoms with Crippen LogP contribution >= 0.6 is 0 Å². The van der Waals surface area contributed by atoms with Gasteiger partial charge in [0.1, 0.15) is 6.10 Å². The molecule has 5 nitrogen and oxygen atoms in total. The second-order valence-corrected chi connectivity index (χ2v) is 4.39. The van der Waals surface area contributed by atoms with Crippen LogP contribution in [0.5, 0.6) is 17.2 Å². The zero-order chi connectivity index (χ0) is 13.8. The molecular weight excluding hydrogens is 248 g/mol. The standard InChI is InChI=1S/C14H20O5/c1-9(18-7-11-8-19-11)10-5-12(15-2)14(17-4)13(6-10)16-3/h5-6,9,11H,7-8H2,1-4H3/t9-,11+/m0/s1. The van der Waals surface area contributed by atoms with Crippen molar-refractivity contribution in [3.05, 3.63) is 17.7 Å². The van der Waals surface area contributed by atoms with Crippen molar-refractivity contribution in [1.29, 1.82) is 0 Å². The van der Waals surface area contributed by atoms with E-state index in [2.05, 4.69) is 0 Å². The molecule has 0 aliphatic carbocycles. The third-order valence-electron chi connectivity index (χ3n) is 3.09. The fourth-order valence-corrected chi connectivity index (χ4v) is 1.85. The topological polar surface area (TPSA) is 49.5 Å². The maximum atomic E-state index is 5.75. The third kappa shape index (κ3) is 3.30. The Bertz CT molecular complexity index is 403. The maximum absolute atomic E-state index is 5.75. The van der Waals surface area contributed by atoms with Gasteiger partial charge in [-0.15, -0.1) is 0 Å². The average Bonchev–Trinajstić information content (AvgIpc) is 3.27. The fraction of sp³-hybridized carbons (Fsp3) is 0.571. The van der Waals surface area contributed by atoms with E-state index in [0.717, 1.165) is 12.2 Å². The first-order valence-electron chi connectivity index (χ1n) is 6.22. The van der Waals surface area contributed by atoms with Crippen LogP contribution in [-0.4, -0.2) is 40.6 Å². The second kappa shape index (κ2) is 6.12. The van der Waals surface area contributed by atoms with Crippen LogP contribution in [0.1, 0.15) is 18.6 Å². The van der Waals surface area contributed by atoms with Gasteiger partial charge in [-0.05, 0) is 24.6 Å². The molecule has 0 saturated carbocycles. The Balaban J connectivity index is 2.18. The van der Waals surface area contributed by atoms with E-state index in [-0.39, 0.29) is 12.2 Å². The van der Waals surface area contributed by atoms with Crippen molar-refractivity contribution in [3.63, 3.8) is 0 Å². The molecule has 0 radical (unpaired) electrons. The number of hydrogen-bond acceptors (Lipinski definition) is 5. The number of methoxy groups -OCH3 is 3. The van der Waals surface area contributed by atoms with E-state index in [1.165, 1.54) is 0 Å². The molecule has 0 spiro atoms. The molecule has 0 unspecified atom stereocenters. The van der Waals surface area contributed by atoms with Gasteiger partial charge in [0.05, 0.1) is 40.6 Å². The van der Waals surface area contributed by atoms with Crippen molar-refractivity contribution >= 4 is 0 Å². The van der Waals surface area contributed by atoms with Gasteiger partial charge >= 0.3 is 0 Å². The Morgan fingerprint density at radius 2 is 1.74 bits per heavy atom. The summed E-state index contributed by atoms with van der Waals surface area (Å²) in [5, 5.41) is 0. The van der Waals surface area contributed by atoms with Crippen molar-refractivity contribution in [1.82, 2.24) is 0 Å². The molecule has 0 amide bonds. The van der Waals surface area contributed by atoms with E-state index in [4.69, 9.17) is 23.7 Å². The second-order valence-electron chi connectivity index (χ2n) is 4.39. The van der Waals surface area contributed by atoms with Crippen molar-refractivity contribution in [2.45, 2.75) is 19.1 Å². The zero-order valence-corrected chi connectivity index (χ0v) is 11.8.